The first-order chi connectivity index (χ1) is 8.41. The number of hydrogen-bond donors (Lipinski definition) is 2. The number of carbonyl (C=O) groups is 1. The molecule has 0 radical (unpaired) electrons. The predicted octanol–water partition coefficient (Wildman–Crippen LogP) is 0.451. The van der Waals surface area contributed by atoms with E-state index in [0.717, 1.165) is 11.0 Å². The number of likely N-dealkylation sites (tertiary alicyclic amines) is 1. The van der Waals surface area contributed by atoms with Crippen LogP contribution in [0.4, 0.5) is 8.78 Å². The minimum absolute atomic E-state index is 0.132. The molecule has 1 saturated heterocycles. The minimum Gasteiger partial charge on any atom is -0.388 e. The van der Waals surface area contributed by atoms with Crippen LogP contribution in [-0.2, 0) is 0 Å². The first-order valence-electron chi connectivity index (χ1n) is 5.52. The molecule has 0 saturated carbocycles. The number of benzene rings is 1. The molecule has 1 aliphatic heterocycles. The molecular formula is C12H13F2NO3. The number of aliphatic hydroxyl groups excluding tert-OH is 2. The van der Waals surface area contributed by atoms with Gasteiger partial charge in [-0.1, -0.05) is 6.07 Å². The lowest BCUT2D eigenvalue weighted by molar-refractivity contribution is 0.0572. The summed E-state index contributed by atoms with van der Waals surface area (Å²) in [6, 6.07) is 2.27. The zero-order valence-electron chi connectivity index (χ0n) is 9.73. The summed E-state index contributed by atoms with van der Waals surface area (Å²) in [7, 11) is 0. The van der Waals surface area contributed by atoms with Crippen LogP contribution in [0.2, 0.25) is 0 Å². The predicted molar refractivity (Wildman–Crippen MR) is 59.0 cm³/mol. The summed E-state index contributed by atoms with van der Waals surface area (Å²) in [6.45, 7) is 1.17. The van der Waals surface area contributed by atoms with E-state index in [-0.39, 0.29) is 18.7 Å². The van der Waals surface area contributed by atoms with Crippen molar-refractivity contribution in [3.05, 3.63) is 34.9 Å². The van der Waals surface area contributed by atoms with Crippen LogP contribution in [0.15, 0.2) is 12.1 Å². The molecule has 1 aromatic carbocycles. The maximum atomic E-state index is 13.7. The number of halogens is 2. The molecule has 98 valence electrons. The van der Waals surface area contributed by atoms with Crippen LogP contribution < -0.4 is 0 Å². The van der Waals surface area contributed by atoms with E-state index in [9.17, 15) is 23.8 Å². The zero-order chi connectivity index (χ0) is 13.4. The monoisotopic (exact) mass is 257 g/mol. The molecule has 0 aromatic heterocycles. The molecule has 18 heavy (non-hydrogen) atoms. The standard InChI is InChI=1S/C12H13F2NO3/c1-6-2-3-7(13)10(11(6)14)12(18)15-4-8(16)9(17)5-15/h2-3,8-9,16-17H,4-5H2,1H3/t8-,9+. The van der Waals surface area contributed by atoms with Crippen molar-refractivity contribution in [3.8, 4) is 0 Å². The van der Waals surface area contributed by atoms with Gasteiger partial charge in [0.1, 0.15) is 17.2 Å². The third-order valence-electron chi connectivity index (χ3n) is 3.04. The highest BCUT2D eigenvalue weighted by atomic mass is 19.1. The van der Waals surface area contributed by atoms with Gasteiger partial charge in [-0.2, -0.15) is 0 Å². The topological polar surface area (TPSA) is 60.8 Å². The van der Waals surface area contributed by atoms with Gasteiger partial charge in [-0.15, -0.1) is 0 Å². The normalized spacial score (nSPS) is 23.5. The Balaban J connectivity index is 2.33. The molecular weight excluding hydrogens is 244 g/mol. The van der Waals surface area contributed by atoms with Crippen LogP contribution in [0.25, 0.3) is 0 Å². The number of nitrogens with zero attached hydrogens (tertiary/aromatic N) is 1. The van der Waals surface area contributed by atoms with Crippen LogP contribution in [-0.4, -0.2) is 46.3 Å². The Morgan fingerprint density at radius 3 is 2.39 bits per heavy atom. The van der Waals surface area contributed by atoms with Gasteiger partial charge in [-0.05, 0) is 18.6 Å². The third kappa shape index (κ3) is 2.09. The Morgan fingerprint density at radius 1 is 1.28 bits per heavy atom. The number of β-amino-alcohol motifs (C(OH)–C–C–N with tert-alkyl or cyclic N) is 2. The molecule has 2 N–H and O–H groups in total. The fourth-order valence-electron chi connectivity index (χ4n) is 1.95. The van der Waals surface area contributed by atoms with Gasteiger partial charge in [0, 0.05) is 13.1 Å². The highest BCUT2D eigenvalue weighted by Gasteiger charge is 2.35. The first-order valence-corrected chi connectivity index (χ1v) is 5.52. The molecule has 2 atom stereocenters. The van der Waals surface area contributed by atoms with Gasteiger partial charge in [0.2, 0.25) is 0 Å². The maximum absolute atomic E-state index is 13.7. The van der Waals surface area contributed by atoms with Crippen molar-refractivity contribution in [3.63, 3.8) is 0 Å². The lowest BCUT2D eigenvalue weighted by Gasteiger charge is -2.16. The van der Waals surface area contributed by atoms with Crippen molar-refractivity contribution < 1.29 is 23.8 Å². The molecule has 0 unspecified atom stereocenters. The van der Waals surface area contributed by atoms with Gasteiger partial charge in [0.15, 0.2) is 0 Å². The van der Waals surface area contributed by atoms with Gasteiger partial charge in [0.25, 0.3) is 5.91 Å². The van der Waals surface area contributed by atoms with E-state index in [2.05, 4.69) is 0 Å². The summed E-state index contributed by atoms with van der Waals surface area (Å²) in [5, 5.41) is 18.7. The summed E-state index contributed by atoms with van der Waals surface area (Å²) in [5.41, 5.74) is -0.476. The van der Waals surface area contributed by atoms with Gasteiger partial charge in [0.05, 0.1) is 12.2 Å². The molecule has 1 aromatic rings. The molecule has 0 bridgehead atoms. The molecule has 0 spiro atoms. The quantitative estimate of drug-likeness (QED) is 0.768. The van der Waals surface area contributed by atoms with E-state index >= 15 is 0 Å². The fraction of sp³-hybridized carbons (Fsp3) is 0.417. The number of rotatable bonds is 1. The van der Waals surface area contributed by atoms with Crippen LogP contribution in [0, 0.1) is 18.6 Å². The largest absolute Gasteiger partial charge is 0.388 e. The van der Waals surface area contributed by atoms with Crippen LogP contribution in [0.1, 0.15) is 15.9 Å². The Kier molecular flexibility index (Phi) is 3.32. The second-order valence-corrected chi connectivity index (χ2v) is 4.40. The Bertz CT molecular complexity index is 482. The van der Waals surface area contributed by atoms with Crippen molar-refractivity contribution in [2.24, 2.45) is 0 Å². The number of aryl methyl sites for hydroxylation is 1. The van der Waals surface area contributed by atoms with Gasteiger partial charge in [-0.25, -0.2) is 8.78 Å². The number of hydrogen-bond acceptors (Lipinski definition) is 3. The summed E-state index contributed by atoms with van der Waals surface area (Å²) in [5.74, 6) is -2.71. The zero-order valence-corrected chi connectivity index (χ0v) is 9.73. The fourth-order valence-corrected chi connectivity index (χ4v) is 1.95. The summed E-state index contributed by atoms with van der Waals surface area (Å²) < 4.78 is 27.3. The molecule has 1 fully saturated rings. The summed E-state index contributed by atoms with van der Waals surface area (Å²) >= 11 is 0. The molecule has 1 amide bonds. The van der Waals surface area contributed by atoms with Crippen molar-refractivity contribution >= 4 is 5.91 Å². The van der Waals surface area contributed by atoms with E-state index in [1.54, 1.807) is 0 Å². The van der Waals surface area contributed by atoms with E-state index in [0.29, 0.717) is 0 Å². The number of aliphatic hydroxyl groups is 2. The van der Waals surface area contributed by atoms with E-state index in [1.807, 2.05) is 0 Å². The van der Waals surface area contributed by atoms with Crippen LogP contribution in [0.3, 0.4) is 0 Å². The van der Waals surface area contributed by atoms with Crippen molar-refractivity contribution in [2.45, 2.75) is 19.1 Å². The van der Waals surface area contributed by atoms with Gasteiger partial charge in [-0.3, -0.25) is 4.79 Å². The molecule has 2 rings (SSSR count). The third-order valence-corrected chi connectivity index (χ3v) is 3.04. The first kappa shape index (κ1) is 12.9. The Labute approximate surface area is 102 Å². The smallest absolute Gasteiger partial charge is 0.260 e. The molecule has 1 aliphatic rings. The molecule has 1 heterocycles. The minimum atomic E-state index is -1.08. The van der Waals surface area contributed by atoms with Crippen LogP contribution >= 0.6 is 0 Å². The molecule has 4 nitrogen and oxygen atoms in total. The lowest BCUT2D eigenvalue weighted by Crippen LogP contribution is -2.31. The van der Waals surface area contributed by atoms with E-state index < -0.39 is 35.3 Å². The lowest BCUT2D eigenvalue weighted by atomic mass is 10.1. The van der Waals surface area contributed by atoms with Crippen molar-refractivity contribution in [1.29, 1.82) is 0 Å². The van der Waals surface area contributed by atoms with E-state index in [1.165, 1.54) is 13.0 Å². The second kappa shape index (κ2) is 4.62. The highest BCUT2D eigenvalue weighted by molar-refractivity contribution is 5.95. The van der Waals surface area contributed by atoms with Gasteiger partial charge < -0.3 is 15.1 Å². The van der Waals surface area contributed by atoms with E-state index in [4.69, 9.17) is 0 Å². The SMILES string of the molecule is Cc1ccc(F)c(C(=O)N2C[C@@H](O)[C@@H](O)C2)c1F. The second-order valence-electron chi connectivity index (χ2n) is 4.40. The average molecular weight is 257 g/mol. The number of carbonyl (C=O) groups excluding carboxylic acids is 1. The van der Waals surface area contributed by atoms with Gasteiger partial charge >= 0.3 is 0 Å². The number of amides is 1. The average Bonchev–Trinajstić information content (AvgIpc) is 2.65. The molecule has 6 heteroatoms. The maximum Gasteiger partial charge on any atom is 0.260 e. The summed E-state index contributed by atoms with van der Waals surface area (Å²) in [6.07, 6.45) is -2.16. The Hall–Kier alpha value is -1.53. The molecule has 0 aliphatic carbocycles. The summed E-state index contributed by atoms with van der Waals surface area (Å²) in [4.78, 5) is 13.0. The van der Waals surface area contributed by atoms with Crippen LogP contribution in [0.5, 0.6) is 0 Å². The Morgan fingerprint density at radius 2 is 1.83 bits per heavy atom. The highest BCUT2D eigenvalue weighted by Crippen LogP contribution is 2.21. The van der Waals surface area contributed by atoms with Crippen molar-refractivity contribution in [2.75, 3.05) is 13.1 Å². The van der Waals surface area contributed by atoms with Crippen molar-refractivity contribution in [1.82, 2.24) is 4.90 Å².